The van der Waals surface area contributed by atoms with Crippen LogP contribution in [0.5, 0.6) is 0 Å². The van der Waals surface area contributed by atoms with Crippen molar-refractivity contribution in [1.82, 2.24) is 29.9 Å². The van der Waals surface area contributed by atoms with Crippen molar-refractivity contribution in [1.29, 1.82) is 0 Å². The Morgan fingerprint density at radius 1 is 1.20 bits per heavy atom. The first kappa shape index (κ1) is 13.0. The molecule has 1 aliphatic heterocycles. The molecule has 106 valence electrons. The van der Waals surface area contributed by atoms with Crippen molar-refractivity contribution in [3.63, 3.8) is 0 Å². The Balaban J connectivity index is 1.63. The van der Waals surface area contributed by atoms with E-state index in [9.17, 15) is 0 Å². The van der Waals surface area contributed by atoms with Crippen LogP contribution in [0, 0.1) is 0 Å². The number of anilines is 2. The third kappa shape index (κ3) is 3.13. The number of nitrogens with zero attached hydrogens (tertiary/aromatic N) is 7. The molecule has 0 atom stereocenters. The standard InChI is InChI=1S/C11H15ClN8/c12-9-15-10(13-3-7-20-8-4-14-18-20)17-11(16-9)19-5-1-2-6-19/h4,8H,1-3,5-7H2,(H,13,15,16,17). The maximum atomic E-state index is 5.95. The van der Waals surface area contributed by atoms with Gasteiger partial charge in [0.25, 0.3) is 0 Å². The van der Waals surface area contributed by atoms with E-state index in [1.54, 1.807) is 17.1 Å². The Hall–Kier alpha value is -1.96. The largest absolute Gasteiger partial charge is 0.352 e. The van der Waals surface area contributed by atoms with Crippen LogP contribution in [-0.2, 0) is 6.54 Å². The first-order chi connectivity index (χ1) is 9.81. The fourth-order valence-electron chi connectivity index (χ4n) is 2.11. The SMILES string of the molecule is Clc1nc(NCCn2ccnn2)nc(N2CCCC2)n1. The van der Waals surface area contributed by atoms with E-state index in [1.807, 2.05) is 0 Å². The van der Waals surface area contributed by atoms with E-state index in [-0.39, 0.29) is 5.28 Å². The molecule has 1 N–H and O–H groups in total. The van der Waals surface area contributed by atoms with Crippen molar-refractivity contribution >= 4 is 23.5 Å². The summed E-state index contributed by atoms with van der Waals surface area (Å²) in [6.45, 7) is 3.27. The van der Waals surface area contributed by atoms with Gasteiger partial charge in [0.15, 0.2) is 0 Å². The Morgan fingerprint density at radius 3 is 2.80 bits per heavy atom. The van der Waals surface area contributed by atoms with Gasteiger partial charge in [-0.2, -0.15) is 15.0 Å². The van der Waals surface area contributed by atoms with E-state index < -0.39 is 0 Å². The minimum Gasteiger partial charge on any atom is -0.352 e. The van der Waals surface area contributed by atoms with Crippen LogP contribution in [0.4, 0.5) is 11.9 Å². The number of hydrogen-bond donors (Lipinski definition) is 1. The average Bonchev–Trinajstić information content (AvgIpc) is 3.11. The number of nitrogens with one attached hydrogen (secondary N) is 1. The molecule has 3 rings (SSSR count). The summed E-state index contributed by atoms with van der Waals surface area (Å²) < 4.78 is 1.73. The number of rotatable bonds is 5. The maximum absolute atomic E-state index is 5.95. The highest BCUT2D eigenvalue weighted by molar-refractivity contribution is 6.28. The summed E-state index contributed by atoms with van der Waals surface area (Å²) in [5.74, 6) is 1.14. The first-order valence-electron chi connectivity index (χ1n) is 6.56. The highest BCUT2D eigenvalue weighted by atomic mass is 35.5. The van der Waals surface area contributed by atoms with Crippen LogP contribution in [0.3, 0.4) is 0 Å². The lowest BCUT2D eigenvalue weighted by Gasteiger charge is -2.15. The molecule has 0 unspecified atom stereocenters. The maximum Gasteiger partial charge on any atom is 0.231 e. The summed E-state index contributed by atoms with van der Waals surface area (Å²) in [4.78, 5) is 14.8. The molecular formula is C11H15ClN8. The highest BCUT2D eigenvalue weighted by Gasteiger charge is 2.16. The predicted molar refractivity (Wildman–Crippen MR) is 74.8 cm³/mol. The van der Waals surface area contributed by atoms with Crippen LogP contribution >= 0.6 is 11.6 Å². The van der Waals surface area contributed by atoms with Gasteiger partial charge in [0, 0.05) is 25.8 Å². The van der Waals surface area contributed by atoms with Gasteiger partial charge in [0.05, 0.1) is 12.7 Å². The van der Waals surface area contributed by atoms with Gasteiger partial charge < -0.3 is 10.2 Å². The molecule has 0 radical (unpaired) electrons. The smallest absolute Gasteiger partial charge is 0.231 e. The zero-order valence-electron chi connectivity index (χ0n) is 10.9. The number of halogens is 1. The van der Waals surface area contributed by atoms with Crippen LogP contribution in [0.1, 0.15) is 12.8 Å². The Kier molecular flexibility index (Phi) is 3.91. The van der Waals surface area contributed by atoms with Crippen molar-refractivity contribution in [2.75, 3.05) is 29.9 Å². The third-order valence-electron chi connectivity index (χ3n) is 3.08. The molecule has 0 aromatic carbocycles. The minimum absolute atomic E-state index is 0.213. The predicted octanol–water partition coefficient (Wildman–Crippen LogP) is 0.829. The molecule has 1 fully saturated rings. The van der Waals surface area contributed by atoms with Crippen molar-refractivity contribution in [3.8, 4) is 0 Å². The lowest BCUT2D eigenvalue weighted by atomic mass is 10.4. The monoisotopic (exact) mass is 294 g/mol. The second-order valence-electron chi connectivity index (χ2n) is 4.52. The highest BCUT2D eigenvalue weighted by Crippen LogP contribution is 2.18. The van der Waals surface area contributed by atoms with Gasteiger partial charge in [-0.05, 0) is 24.4 Å². The van der Waals surface area contributed by atoms with Crippen LogP contribution in [-0.4, -0.2) is 49.6 Å². The fourth-order valence-corrected chi connectivity index (χ4v) is 2.27. The van der Waals surface area contributed by atoms with Crippen molar-refractivity contribution in [2.45, 2.75) is 19.4 Å². The summed E-state index contributed by atoms with van der Waals surface area (Å²) in [6, 6.07) is 0. The van der Waals surface area contributed by atoms with E-state index in [0.717, 1.165) is 13.1 Å². The van der Waals surface area contributed by atoms with Gasteiger partial charge in [-0.25, -0.2) is 0 Å². The van der Waals surface area contributed by atoms with Gasteiger partial charge in [0.1, 0.15) is 0 Å². The van der Waals surface area contributed by atoms with Gasteiger partial charge in [0.2, 0.25) is 17.2 Å². The van der Waals surface area contributed by atoms with Gasteiger partial charge in [-0.3, -0.25) is 4.68 Å². The van der Waals surface area contributed by atoms with E-state index in [2.05, 4.69) is 35.5 Å². The molecule has 2 aromatic rings. The first-order valence-corrected chi connectivity index (χ1v) is 6.93. The normalized spacial score (nSPS) is 14.8. The van der Waals surface area contributed by atoms with Gasteiger partial charge in [-0.1, -0.05) is 5.21 Å². The Labute approximate surface area is 121 Å². The second kappa shape index (κ2) is 6.00. The molecule has 1 saturated heterocycles. The Bertz CT molecular complexity index is 552. The summed E-state index contributed by atoms with van der Waals surface area (Å²) in [5.41, 5.74) is 0. The van der Waals surface area contributed by atoms with Crippen LogP contribution in [0.15, 0.2) is 12.4 Å². The van der Waals surface area contributed by atoms with Crippen LogP contribution in [0.25, 0.3) is 0 Å². The summed E-state index contributed by atoms with van der Waals surface area (Å²) >= 11 is 5.95. The molecule has 0 spiro atoms. The lowest BCUT2D eigenvalue weighted by Crippen LogP contribution is -2.22. The van der Waals surface area contributed by atoms with Crippen molar-refractivity contribution in [2.24, 2.45) is 0 Å². The number of aromatic nitrogens is 6. The topological polar surface area (TPSA) is 84.7 Å². The molecule has 9 heteroatoms. The van der Waals surface area contributed by atoms with Crippen LogP contribution in [0.2, 0.25) is 5.28 Å². The molecule has 3 heterocycles. The van der Waals surface area contributed by atoms with E-state index >= 15 is 0 Å². The van der Waals surface area contributed by atoms with Crippen LogP contribution < -0.4 is 10.2 Å². The zero-order chi connectivity index (χ0) is 13.8. The zero-order valence-corrected chi connectivity index (χ0v) is 11.7. The van der Waals surface area contributed by atoms with Gasteiger partial charge >= 0.3 is 0 Å². The third-order valence-corrected chi connectivity index (χ3v) is 3.25. The van der Waals surface area contributed by atoms with Crippen molar-refractivity contribution in [3.05, 3.63) is 17.7 Å². The summed E-state index contributed by atoms with van der Waals surface area (Å²) in [5, 5.41) is 11.0. The number of hydrogen-bond acceptors (Lipinski definition) is 7. The molecular weight excluding hydrogens is 280 g/mol. The summed E-state index contributed by atoms with van der Waals surface area (Å²) in [6.07, 6.45) is 5.78. The second-order valence-corrected chi connectivity index (χ2v) is 4.85. The molecule has 20 heavy (non-hydrogen) atoms. The van der Waals surface area contributed by atoms with E-state index in [4.69, 9.17) is 11.6 Å². The molecule has 0 bridgehead atoms. The molecule has 0 amide bonds. The molecule has 0 saturated carbocycles. The fraction of sp³-hybridized carbons (Fsp3) is 0.545. The Morgan fingerprint density at radius 2 is 2.05 bits per heavy atom. The quantitative estimate of drug-likeness (QED) is 0.874. The van der Waals surface area contributed by atoms with E-state index in [1.165, 1.54) is 12.8 Å². The summed E-state index contributed by atoms with van der Waals surface area (Å²) in [7, 11) is 0. The lowest BCUT2D eigenvalue weighted by molar-refractivity contribution is 0.607. The van der Waals surface area contributed by atoms with Crippen molar-refractivity contribution < 1.29 is 0 Å². The van der Waals surface area contributed by atoms with Gasteiger partial charge in [-0.15, -0.1) is 5.10 Å². The molecule has 8 nitrogen and oxygen atoms in total. The molecule has 0 aliphatic carbocycles. The minimum atomic E-state index is 0.213. The molecule has 2 aromatic heterocycles. The average molecular weight is 295 g/mol. The molecule has 1 aliphatic rings. The van der Waals surface area contributed by atoms with E-state index in [0.29, 0.717) is 25.0 Å².